The molecule has 0 radical (unpaired) electrons. The molecule has 1 atom stereocenters. The minimum absolute atomic E-state index is 0.0649. The second kappa shape index (κ2) is 10.2. The van der Waals surface area contributed by atoms with Gasteiger partial charge in [-0.2, -0.15) is 0 Å². The molecule has 0 fully saturated rings. The fraction of sp³-hybridized carbons (Fsp3) is 0.364. The molecule has 0 aliphatic heterocycles. The molecular weight excluding hydrogens is 448 g/mol. The predicted octanol–water partition coefficient (Wildman–Crippen LogP) is 3.33. The monoisotopic (exact) mass is 474 g/mol. The maximum Gasteiger partial charge on any atom is 0.259 e. The van der Waals surface area contributed by atoms with Crippen molar-refractivity contribution in [1.29, 1.82) is 0 Å². The van der Waals surface area contributed by atoms with Crippen LogP contribution in [0.3, 0.4) is 0 Å². The second-order valence-corrected chi connectivity index (χ2v) is 9.93. The highest BCUT2D eigenvalue weighted by molar-refractivity contribution is 7.99. The van der Waals surface area contributed by atoms with Gasteiger partial charge >= 0.3 is 0 Å². The number of carbonyl (C=O) groups is 2. The minimum Gasteiger partial charge on any atom is -0.497 e. The Labute approximate surface area is 194 Å². The maximum absolute atomic E-state index is 12.7. The Morgan fingerprint density at radius 1 is 1.28 bits per heavy atom. The summed E-state index contributed by atoms with van der Waals surface area (Å²) < 4.78 is 5.09. The molecular formula is C22H26N4O4S2. The summed E-state index contributed by atoms with van der Waals surface area (Å²) in [5.41, 5.74) is 1.43. The lowest BCUT2D eigenvalue weighted by Gasteiger charge is -2.20. The van der Waals surface area contributed by atoms with Gasteiger partial charge in [0.2, 0.25) is 11.8 Å². The van der Waals surface area contributed by atoms with Crippen molar-refractivity contribution < 1.29 is 14.3 Å². The second-order valence-electron chi connectivity index (χ2n) is 7.40. The van der Waals surface area contributed by atoms with Crippen LogP contribution in [0.25, 0.3) is 10.2 Å². The summed E-state index contributed by atoms with van der Waals surface area (Å²) in [6.45, 7) is 5.60. The van der Waals surface area contributed by atoms with Gasteiger partial charge in [0.1, 0.15) is 16.4 Å². The molecule has 3 rings (SSSR count). The molecule has 0 spiro atoms. The van der Waals surface area contributed by atoms with Gasteiger partial charge < -0.3 is 19.9 Å². The summed E-state index contributed by atoms with van der Waals surface area (Å²) in [4.78, 5) is 47.9. The van der Waals surface area contributed by atoms with Gasteiger partial charge in [0.25, 0.3) is 5.56 Å². The van der Waals surface area contributed by atoms with Gasteiger partial charge in [0, 0.05) is 17.6 Å². The third kappa shape index (κ3) is 5.49. The van der Waals surface area contributed by atoms with E-state index < -0.39 is 5.25 Å². The molecule has 2 aromatic heterocycles. The number of likely N-dealkylation sites (N-methyl/N-ethyl adjacent to an activating group) is 1. The van der Waals surface area contributed by atoms with Crippen molar-refractivity contribution in [2.75, 3.05) is 26.0 Å². The van der Waals surface area contributed by atoms with E-state index in [0.29, 0.717) is 33.2 Å². The molecule has 8 nitrogen and oxygen atoms in total. The summed E-state index contributed by atoms with van der Waals surface area (Å²) >= 11 is 2.86. The lowest BCUT2D eigenvalue weighted by atomic mass is 10.2. The van der Waals surface area contributed by atoms with Crippen LogP contribution in [-0.2, 0) is 15.3 Å². The van der Waals surface area contributed by atoms with Gasteiger partial charge in [-0.05, 0) is 50.6 Å². The van der Waals surface area contributed by atoms with Crippen molar-refractivity contribution in [3.8, 4) is 5.75 Å². The summed E-state index contributed by atoms with van der Waals surface area (Å²) in [6, 6.07) is 6.96. The number of anilines is 1. The van der Waals surface area contributed by atoms with Crippen molar-refractivity contribution in [3.63, 3.8) is 0 Å². The zero-order valence-corrected chi connectivity index (χ0v) is 20.3. The van der Waals surface area contributed by atoms with Crippen molar-refractivity contribution in [2.45, 2.75) is 31.8 Å². The minimum atomic E-state index is -0.401. The van der Waals surface area contributed by atoms with Crippen molar-refractivity contribution in [2.24, 2.45) is 0 Å². The lowest BCUT2D eigenvalue weighted by molar-refractivity contribution is -0.132. The highest BCUT2D eigenvalue weighted by atomic mass is 32.2. The molecule has 1 unspecified atom stereocenters. The highest BCUT2D eigenvalue weighted by Crippen LogP contribution is 2.26. The van der Waals surface area contributed by atoms with E-state index in [-0.39, 0.29) is 23.9 Å². The first kappa shape index (κ1) is 23.8. The molecule has 0 aliphatic rings. The summed E-state index contributed by atoms with van der Waals surface area (Å²) in [5.74, 6) is 1.16. The van der Waals surface area contributed by atoms with Crippen LogP contribution < -0.4 is 15.6 Å². The number of fused-ring (bicyclic) bond motifs is 1. The maximum atomic E-state index is 12.7. The van der Waals surface area contributed by atoms with Gasteiger partial charge in [-0.15, -0.1) is 23.1 Å². The smallest absolute Gasteiger partial charge is 0.259 e. The molecule has 0 aliphatic carbocycles. The van der Waals surface area contributed by atoms with E-state index in [0.717, 1.165) is 10.4 Å². The molecule has 2 amide bonds. The van der Waals surface area contributed by atoms with E-state index in [4.69, 9.17) is 4.74 Å². The van der Waals surface area contributed by atoms with Gasteiger partial charge in [-0.1, -0.05) is 0 Å². The fourth-order valence-corrected chi connectivity index (χ4v) is 5.04. The van der Waals surface area contributed by atoms with E-state index in [1.807, 2.05) is 13.8 Å². The Kier molecular flexibility index (Phi) is 7.57. The van der Waals surface area contributed by atoms with E-state index in [1.165, 1.54) is 28.0 Å². The number of H-pyrrole nitrogens is 1. The predicted molar refractivity (Wildman–Crippen MR) is 130 cm³/mol. The molecule has 32 heavy (non-hydrogen) atoms. The molecule has 170 valence electrons. The molecule has 0 saturated carbocycles. The average Bonchev–Trinajstić information content (AvgIpc) is 3.05. The Morgan fingerprint density at radius 2 is 1.97 bits per heavy atom. The number of ether oxygens (including phenoxy) is 1. The highest BCUT2D eigenvalue weighted by Gasteiger charge is 2.21. The van der Waals surface area contributed by atoms with Crippen LogP contribution in [0.4, 0.5) is 5.69 Å². The number of nitrogens with one attached hydrogen (secondary N) is 2. The first-order chi connectivity index (χ1) is 15.2. The number of rotatable bonds is 8. The standard InChI is InChI=1S/C22H26N4O4S2/c1-12-13(2)32-21-19(12)20(28)24-17(25-21)11-31-14(3)22(29)26(4)10-18(27)23-15-6-8-16(30-5)9-7-15/h6-9,14H,10-11H2,1-5H3,(H,23,27)(H,24,25,28). The normalized spacial score (nSPS) is 11.9. The number of hydrogen-bond donors (Lipinski definition) is 2. The van der Waals surface area contributed by atoms with Crippen LogP contribution in [-0.4, -0.2) is 52.6 Å². The van der Waals surface area contributed by atoms with Crippen LogP contribution in [0.5, 0.6) is 5.75 Å². The molecule has 0 saturated heterocycles. The molecule has 2 heterocycles. The number of aryl methyl sites for hydroxylation is 2. The number of nitrogens with zero attached hydrogens (tertiary/aromatic N) is 2. The Hall–Kier alpha value is -2.85. The van der Waals surface area contributed by atoms with Crippen molar-refractivity contribution in [3.05, 3.63) is 50.9 Å². The summed E-state index contributed by atoms with van der Waals surface area (Å²) in [6.07, 6.45) is 0. The van der Waals surface area contributed by atoms with Crippen LogP contribution in [0, 0.1) is 13.8 Å². The number of benzene rings is 1. The number of amides is 2. The van der Waals surface area contributed by atoms with E-state index in [1.54, 1.807) is 45.3 Å². The van der Waals surface area contributed by atoms with Crippen molar-refractivity contribution >= 4 is 50.8 Å². The molecule has 0 bridgehead atoms. The Balaban J connectivity index is 1.54. The Morgan fingerprint density at radius 3 is 2.62 bits per heavy atom. The number of thiophene rings is 1. The van der Waals surface area contributed by atoms with Gasteiger partial charge in [-0.25, -0.2) is 4.98 Å². The first-order valence-corrected chi connectivity index (χ1v) is 11.9. The van der Waals surface area contributed by atoms with E-state index >= 15 is 0 Å². The largest absolute Gasteiger partial charge is 0.497 e. The summed E-state index contributed by atoms with van der Waals surface area (Å²) in [7, 11) is 3.17. The van der Waals surface area contributed by atoms with Crippen LogP contribution in [0.15, 0.2) is 29.1 Å². The number of aromatic nitrogens is 2. The zero-order chi connectivity index (χ0) is 23.4. The third-order valence-corrected chi connectivity index (χ3v) is 7.28. The zero-order valence-electron chi connectivity index (χ0n) is 18.6. The number of carbonyl (C=O) groups excluding carboxylic acids is 2. The van der Waals surface area contributed by atoms with Gasteiger partial charge in [0.15, 0.2) is 0 Å². The number of thioether (sulfide) groups is 1. The van der Waals surface area contributed by atoms with Gasteiger partial charge in [-0.3, -0.25) is 14.4 Å². The molecule has 10 heteroatoms. The lowest BCUT2D eigenvalue weighted by Crippen LogP contribution is -2.39. The fourth-order valence-electron chi connectivity index (χ4n) is 3.12. The first-order valence-electron chi connectivity index (χ1n) is 9.99. The SMILES string of the molecule is COc1ccc(NC(=O)CN(C)C(=O)C(C)SCc2nc3sc(C)c(C)c3c(=O)[nH]2)cc1. The number of aromatic amines is 1. The summed E-state index contributed by atoms with van der Waals surface area (Å²) in [5, 5.41) is 2.99. The van der Waals surface area contributed by atoms with Crippen LogP contribution in [0.1, 0.15) is 23.2 Å². The van der Waals surface area contributed by atoms with Gasteiger partial charge in [0.05, 0.1) is 30.0 Å². The molecule has 3 aromatic rings. The van der Waals surface area contributed by atoms with Crippen LogP contribution >= 0.6 is 23.1 Å². The van der Waals surface area contributed by atoms with Crippen molar-refractivity contribution in [1.82, 2.24) is 14.9 Å². The quantitative estimate of drug-likeness (QED) is 0.519. The average molecular weight is 475 g/mol. The number of methoxy groups -OCH3 is 1. The number of hydrogen-bond acceptors (Lipinski definition) is 7. The molecule has 2 N–H and O–H groups in total. The topological polar surface area (TPSA) is 104 Å². The molecule has 1 aromatic carbocycles. The van der Waals surface area contributed by atoms with E-state index in [2.05, 4.69) is 15.3 Å². The Bertz CT molecular complexity index is 1190. The third-order valence-electron chi connectivity index (χ3n) is 5.04. The van der Waals surface area contributed by atoms with Crippen LogP contribution in [0.2, 0.25) is 0 Å². The van der Waals surface area contributed by atoms with E-state index in [9.17, 15) is 14.4 Å².